The molecule has 6 heteroatoms. The SMILES string of the molecule is Cc1ccc(C2C(C(=O)C=Cc3ccccc3)=C(O)C(=O)N2CCOCCO)cc1. The van der Waals surface area contributed by atoms with E-state index >= 15 is 0 Å². The van der Waals surface area contributed by atoms with Crippen molar-refractivity contribution in [1.82, 2.24) is 4.90 Å². The predicted molar refractivity (Wildman–Crippen MR) is 114 cm³/mol. The Labute approximate surface area is 175 Å². The van der Waals surface area contributed by atoms with Crippen LogP contribution in [-0.2, 0) is 14.3 Å². The summed E-state index contributed by atoms with van der Waals surface area (Å²) in [7, 11) is 0. The number of ketones is 1. The summed E-state index contributed by atoms with van der Waals surface area (Å²) in [6, 6.07) is 16.1. The van der Waals surface area contributed by atoms with Crippen molar-refractivity contribution in [2.45, 2.75) is 13.0 Å². The Hall–Kier alpha value is -3.22. The number of aliphatic hydroxyl groups is 2. The zero-order valence-corrected chi connectivity index (χ0v) is 16.8. The molecule has 0 spiro atoms. The molecule has 1 atom stereocenters. The van der Waals surface area contributed by atoms with E-state index in [2.05, 4.69) is 0 Å². The molecule has 6 nitrogen and oxygen atoms in total. The van der Waals surface area contributed by atoms with Crippen LogP contribution < -0.4 is 0 Å². The van der Waals surface area contributed by atoms with Gasteiger partial charge in [0.1, 0.15) is 0 Å². The van der Waals surface area contributed by atoms with Crippen molar-refractivity contribution < 1.29 is 24.5 Å². The number of aliphatic hydroxyl groups excluding tert-OH is 2. The number of benzene rings is 2. The second kappa shape index (κ2) is 10.0. The maximum Gasteiger partial charge on any atom is 0.290 e. The molecular weight excluding hydrogens is 382 g/mol. The highest BCUT2D eigenvalue weighted by atomic mass is 16.5. The minimum atomic E-state index is -0.705. The number of carbonyl (C=O) groups is 2. The van der Waals surface area contributed by atoms with Gasteiger partial charge in [0.15, 0.2) is 11.5 Å². The van der Waals surface area contributed by atoms with Crippen molar-refractivity contribution in [3.8, 4) is 0 Å². The van der Waals surface area contributed by atoms with E-state index in [-0.39, 0.29) is 31.9 Å². The first-order chi connectivity index (χ1) is 14.5. The Balaban J connectivity index is 1.91. The molecule has 2 aromatic rings. The molecule has 0 bridgehead atoms. The summed E-state index contributed by atoms with van der Waals surface area (Å²) >= 11 is 0. The first-order valence-electron chi connectivity index (χ1n) is 9.79. The number of ether oxygens (including phenoxy) is 1. The van der Waals surface area contributed by atoms with Gasteiger partial charge in [-0.05, 0) is 24.1 Å². The highest BCUT2D eigenvalue weighted by Gasteiger charge is 2.42. The maximum atomic E-state index is 13.0. The summed E-state index contributed by atoms with van der Waals surface area (Å²) in [6.07, 6.45) is 3.04. The monoisotopic (exact) mass is 407 g/mol. The van der Waals surface area contributed by atoms with Gasteiger partial charge in [-0.1, -0.05) is 66.2 Å². The van der Waals surface area contributed by atoms with Crippen molar-refractivity contribution >= 4 is 17.8 Å². The van der Waals surface area contributed by atoms with Crippen molar-refractivity contribution in [1.29, 1.82) is 0 Å². The lowest BCUT2D eigenvalue weighted by Crippen LogP contribution is -2.34. The lowest BCUT2D eigenvalue weighted by molar-refractivity contribution is -0.130. The van der Waals surface area contributed by atoms with Crippen LogP contribution in [0.25, 0.3) is 6.08 Å². The first-order valence-corrected chi connectivity index (χ1v) is 9.79. The number of carbonyl (C=O) groups excluding carboxylic acids is 2. The van der Waals surface area contributed by atoms with Crippen LogP contribution in [0.3, 0.4) is 0 Å². The zero-order chi connectivity index (χ0) is 21.5. The van der Waals surface area contributed by atoms with Gasteiger partial charge in [-0.25, -0.2) is 0 Å². The van der Waals surface area contributed by atoms with Crippen LogP contribution in [0.2, 0.25) is 0 Å². The second-order valence-corrected chi connectivity index (χ2v) is 7.02. The van der Waals surface area contributed by atoms with Gasteiger partial charge >= 0.3 is 0 Å². The summed E-state index contributed by atoms with van der Waals surface area (Å²) in [5, 5.41) is 19.4. The standard InChI is InChI=1S/C24H25NO5/c1-17-7-10-19(11-8-17)22-21(20(27)12-9-18-5-3-2-4-6-18)23(28)24(29)25(22)13-15-30-16-14-26/h2-12,22,26,28H,13-16H2,1H3. The molecule has 2 aromatic carbocycles. The third kappa shape index (κ3) is 4.84. The van der Waals surface area contributed by atoms with E-state index in [0.717, 1.165) is 16.7 Å². The Kier molecular flexibility index (Phi) is 7.17. The molecule has 1 heterocycles. The average Bonchev–Trinajstić information content (AvgIpc) is 3.01. The van der Waals surface area contributed by atoms with Gasteiger partial charge in [-0.15, -0.1) is 0 Å². The molecule has 30 heavy (non-hydrogen) atoms. The van der Waals surface area contributed by atoms with Crippen molar-refractivity contribution in [3.05, 3.63) is 88.7 Å². The molecule has 0 aromatic heterocycles. The van der Waals surface area contributed by atoms with Gasteiger partial charge in [0.05, 0.1) is 31.4 Å². The van der Waals surface area contributed by atoms with Crippen molar-refractivity contribution in [2.24, 2.45) is 0 Å². The Bertz CT molecular complexity index is 947. The number of rotatable bonds is 9. The number of hydrogen-bond donors (Lipinski definition) is 2. The minimum absolute atomic E-state index is 0.0539. The van der Waals surface area contributed by atoms with E-state index in [4.69, 9.17) is 9.84 Å². The topological polar surface area (TPSA) is 87.1 Å². The highest BCUT2D eigenvalue weighted by molar-refractivity contribution is 6.14. The Morgan fingerprint density at radius 1 is 1.10 bits per heavy atom. The molecule has 1 amide bonds. The molecule has 0 saturated carbocycles. The van der Waals surface area contributed by atoms with Crippen LogP contribution in [-0.4, -0.2) is 53.2 Å². The van der Waals surface area contributed by atoms with Gasteiger partial charge in [0.2, 0.25) is 0 Å². The fourth-order valence-electron chi connectivity index (χ4n) is 3.39. The van der Waals surface area contributed by atoms with E-state index in [0.29, 0.717) is 0 Å². The molecule has 3 rings (SSSR count). The molecule has 0 aliphatic carbocycles. The van der Waals surface area contributed by atoms with Crippen LogP contribution in [0, 0.1) is 6.92 Å². The summed E-state index contributed by atoms with van der Waals surface area (Å²) in [4.78, 5) is 27.2. The smallest absolute Gasteiger partial charge is 0.290 e. The normalized spacial score (nSPS) is 16.7. The molecular formula is C24H25NO5. The molecule has 0 radical (unpaired) electrons. The number of allylic oxidation sites excluding steroid dienone is 1. The number of amides is 1. The van der Waals surface area contributed by atoms with E-state index in [9.17, 15) is 14.7 Å². The maximum absolute atomic E-state index is 13.0. The summed E-state index contributed by atoms with van der Waals surface area (Å²) in [6.45, 7) is 2.35. The number of aryl methyl sites for hydroxylation is 1. The van der Waals surface area contributed by atoms with Gasteiger partial charge in [0, 0.05) is 6.54 Å². The van der Waals surface area contributed by atoms with Gasteiger partial charge < -0.3 is 19.8 Å². The second-order valence-electron chi connectivity index (χ2n) is 7.02. The highest BCUT2D eigenvalue weighted by Crippen LogP contribution is 2.37. The predicted octanol–water partition coefficient (Wildman–Crippen LogP) is 2.98. The lowest BCUT2D eigenvalue weighted by atomic mass is 9.95. The largest absolute Gasteiger partial charge is 0.503 e. The summed E-state index contributed by atoms with van der Waals surface area (Å²) < 4.78 is 5.29. The quantitative estimate of drug-likeness (QED) is 0.493. The van der Waals surface area contributed by atoms with Crippen molar-refractivity contribution in [2.75, 3.05) is 26.4 Å². The van der Waals surface area contributed by atoms with Gasteiger partial charge in [-0.3, -0.25) is 9.59 Å². The molecule has 0 fully saturated rings. The van der Waals surface area contributed by atoms with Crippen LogP contribution in [0.5, 0.6) is 0 Å². The number of hydrogen-bond acceptors (Lipinski definition) is 5. The number of nitrogens with zero attached hydrogens (tertiary/aromatic N) is 1. The van der Waals surface area contributed by atoms with Gasteiger partial charge in [-0.2, -0.15) is 0 Å². The molecule has 1 aliphatic rings. The third-order valence-electron chi connectivity index (χ3n) is 4.90. The molecule has 156 valence electrons. The fraction of sp³-hybridized carbons (Fsp3) is 0.250. The van der Waals surface area contributed by atoms with E-state index in [1.54, 1.807) is 6.08 Å². The average molecular weight is 407 g/mol. The zero-order valence-electron chi connectivity index (χ0n) is 16.8. The van der Waals surface area contributed by atoms with Gasteiger partial charge in [0.25, 0.3) is 5.91 Å². The van der Waals surface area contributed by atoms with Crippen molar-refractivity contribution in [3.63, 3.8) is 0 Å². The molecule has 0 saturated heterocycles. The van der Waals surface area contributed by atoms with Crippen LogP contribution in [0.1, 0.15) is 22.7 Å². The van der Waals surface area contributed by atoms with E-state index in [1.807, 2.05) is 61.5 Å². The third-order valence-corrected chi connectivity index (χ3v) is 4.90. The first kappa shape index (κ1) is 21.5. The lowest BCUT2D eigenvalue weighted by Gasteiger charge is -2.26. The van der Waals surface area contributed by atoms with Crippen LogP contribution in [0.15, 0.2) is 72.0 Å². The van der Waals surface area contributed by atoms with Crippen LogP contribution in [0.4, 0.5) is 0 Å². The summed E-state index contributed by atoms with van der Waals surface area (Å²) in [5.41, 5.74) is 2.68. The Morgan fingerprint density at radius 3 is 2.47 bits per heavy atom. The van der Waals surface area contributed by atoms with E-state index in [1.165, 1.54) is 11.0 Å². The van der Waals surface area contributed by atoms with E-state index < -0.39 is 23.5 Å². The molecule has 2 N–H and O–H groups in total. The Morgan fingerprint density at radius 2 is 1.80 bits per heavy atom. The minimum Gasteiger partial charge on any atom is -0.503 e. The molecule has 1 unspecified atom stereocenters. The summed E-state index contributed by atoms with van der Waals surface area (Å²) in [5.74, 6) is -1.57. The van der Waals surface area contributed by atoms with Crippen LogP contribution >= 0.6 is 0 Å². The fourth-order valence-corrected chi connectivity index (χ4v) is 3.39. The molecule has 1 aliphatic heterocycles.